The maximum Gasteiger partial charge on any atom is 0.260 e. The highest BCUT2D eigenvalue weighted by Gasteiger charge is 2.30. The van der Waals surface area contributed by atoms with Crippen molar-refractivity contribution >= 4 is 26.0 Å². The van der Waals surface area contributed by atoms with Crippen LogP contribution in [0.1, 0.15) is 19.8 Å². The van der Waals surface area contributed by atoms with E-state index in [-0.39, 0.29) is 21.8 Å². The second kappa shape index (κ2) is 5.24. The Labute approximate surface area is 114 Å². The summed E-state index contributed by atoms with van der Waals surface area (Å²) in [5.74, 6) is 0. The highest BCUT2D eigenvalue weighted by Crippen LogP contribution is 2.20. The number of ether oxygens (including phenoxy) is 1. The molecule has 0 bridgehead atoms. The summed E-state index contributed by atoms with van der Waals surface area (Å²) in [4.78, 5) is 0. The number of aromatic nitrogens is 3. The van der Waals surface area contributed by atoms with E-state index < -0.39 is 10.0 Å². The Morgan fingerprint density at radius 2 is 2.33 bits per heavy atom. The lowest BCUT2D eigenvalue weighted by Crippen LogP contribution is -2.41. The summed E-state index contributed by atoms with van der Waals surface area (Å²) in [5.41, 5.74) is 0. The summed E-state index contributed by atoms with van der Waals surface area (Å²) in [7, 11) is -2.12. The van der Waals surface area contributed by atoms with Crippen molar-refractivity contribution < 1.29 is 13.2 Å². The molecule has 0 aliphatic carbocycles. The number of nitrogens with one attached hydrogen (secondary N) is 1. The minimum absolute atomic E-state index is 0.0207. The zero-order chi connectivity index (χ0) is 13.3. The molecule has 0 spiro atoms. The molecule has 0 radical (unpaired) electrons. The summed E-state index contributed by atoms with van der Waals surface area (Å²) in [5, 5.41) is 7.34. The smallest absolute Gasteiger partial charge is 0.260 e. The first kappa shape index (κ1) is 13.9. The molecule has 2 unspecified atom stereocenters. The van der Waals surface area contributed by atoms with E-state index in [4.69, 9.17) is 4.74 Å². The SMILES string of the molecule is CC(NS(=O)(=O)c1c(Br)nnn1C)C1CCCO1. The van der Waals surface area contributed by atoms with Gasteiger partial charge in [0, 0.05) is 19.7 Å². The molecule has 1 aromatic rings. The number of sulfonamides is 1. The van der Waals surface area contributed by atoms with Crippen molar-refractivity contribution in [3.8, 4) is 0 Å². The van der Waals surface area contributed by atoms with Crippen molar-refractivity contribution in [1.82, 2.24) is 19.7 Å². The monoisotopic (exact) mass is 338 g/mol. The molecule has 1 N–H and O–H groups in total. The van der Waals surface area contributed by atoms with E-state index in [0.717, 1.165) is 12.8 Å². The van der Waals surface area contributed by atoms with E-state index >= 15 is 0 Å². The third-order valence-corrected chi connectivity index (χ3v) is 5.30. The van der Waals surface area contributed by atoms with Gasteiger partial charge in [0.2, 0.25) is 5.03 Å². The summed E-state index contributed by atoms with van der Waals surface area (Å²) in [6, 6.07) is -0.278. The second-order valence-corrected chi connectivity index (χ2v) is 6.65. The van der Waals surface area contributed by atoms with Gasteiger partial charge >= 0.3 is 0 Å². The van der Waals surface area contributed by atoms with Gasteiger partial charge in [0.05, 0.1) is 6.10 Å². The Hall–Kier alpha value is -0.510. The first-order chi connectivity index (χ1) is 8.42. The lowest BCUT2D eigenvalue weighted by molar-refractivity contribution is 0.0902. The molecule has 9 heteroatoms. The van der Waals surface area contributed by atoms with Crippen LogP contribution in [0, 0.1) is 0 Å². The predicted octanol–water partition coefficient (Wildman–Crippen LogP) is 0.423. The molecule has 2 atom stereocenters. The van der Waals surface area contributed by atoms with E-state index in [1.54, 1.807) is 6.92 Å². The number of hydrogen-bond donors (Lipinski definition) is 1. The number of aryl methyl sites for hydroxylation is 1. The van der Waals surface area contributed by atoms with E-state index in [1.807, 2.05) is 0 Å². The van der Waals surface area contributed by atoms with Crippen LogP contribution in [0.3, 0.4) is 0 Å². The summed E-state index contributed by atoms with van der Waals surface area (Å²) < 4.78 is 33.9. The largest absolute Gasteiger partial charge is 0.377 e. The van der Waals surface area contributed by atoms with Gasteiger partial charge in [0.25, 0.3) is 10.0 Å². The minimum Gasteiger partial charge on any atom is -0.377 e. The molecule has 18 heavy (non-hydrogen) atoms. The average Bonchev–Trinajstić information content (AvgIpc) is 2.87. The third-order valence-electron chi connectivity index (χ3n) is 2.86. The summed E-state index contributed by atoms with van der Waals surface area (Å²) in [6.07, 6.45) is 1.77. The Morgan fingerprint density at radius 1 is 1.61 bits per heavy atom. The first-order valence-electron chi connectivity index (χ1n) is 5.61. The molecule has 0 aromatic carbocycles. The van der Waals surface area contributed by atoms with Crippen LogP contribution >= 0.6 is 15.9 Å². The topological polar surface area (TPSA) is 86.1 Å². The quantitative estimate of drug-likeness (QED) is 0.859. The van der Waals surface area contributed by atoms with Gasteiger partial charge in [-0.05, 0) is 35.7 Å². The van der Waals surface area contributed by atoms with Crippen LogP contribution in [-0.2, 0) is 21.8 Å². The molecule has 2 rings (SSSR count). The molecule has 1 saturated heterocycles. The van der Waals surface area contributed by atoms with Crippen molar-refractivity contribution in [3.63, 3.8) is 0 Å². The summed E-state index contributed by atoms with van der Waals surface area (Å²) in [6.45, 7) is 2.49. The van der Waals surface area contributed by atoms with E-state index in [0.29, 0.717) is 6.61 Å². The lowest BCUT2D eigenvalue weighted by atomic mass is 10.1. The first-order valence-corrected chi connectivity index (χ1v) is 7.88. The average molecular weight is 339 g/mol. The van der Waals surface area contributed by atoms with Crippen molar-refractivity contribution in [2.45, 2.75) is 36.9 Å². The minimum atomic E-state index is -3.65. The molecule has 1 fully saturated rings. The molecule has 1 aromatic heterocycles. The van der Waals surface area contributed by atoms with E-state index in [1.165, 1.54) is 11.7 Å². The van der Waals surface area contributed by atoms with Gasteiger partial charge in [-0.25, -0.2) is 17.8 Å². The molecule has 1 aliphatic heterocycles. The molecular formula is C9H15BrN4O3S. The van der Waals surface area contributed by atoms with Crippen LogP contribution in [0.4, 0.5) is 0 Å². The Bertz CT molecular complexity index is 504. The normalized spacial score (nSPS) is 22.3. The van der Waals surface area contributed by atoms with Crippen LogP contribution in [0.2, 0.25) is 0 Å². The molecule has 0 saturated carbocycles. The van der Waals surface area contributed by atoms with Crippen LogP contribution in [0.5, 0.6) is 0 Å². The van der Waals surface area contributed by atoms with Crippen molar-refractivity contribution in [1.29, 1.82) is 0 Å². The fraction of sp³-hybridized carbons (Fsp3) is 0.778. The Balaban J connectivity index is 2.17. The second-order valence-electron chi connectivity index (χ2n) is 4.27. The lowest BCUT2D eigenvalue weighted by Gasteiger charge is -2.19. The van der Waals surface area contributed by atoms with Gasteiger partial charge in [-0.15, -0.1) is 5.10 Å². The highest BCUT2D eigenvalue weighted by atomic mass is 79.9. The van der Waals surface area contributed by atoms with Crippen LogP contribution in [0.25, 0.3) is 0 Å². The molecule has 7 nitrogen and oxygen atoms in total. The molecule has 0 amide bonds. The van der Waals surface area contributed by atoms with E-state index in [9.17, 15) is 8.42 Å². The zero-order valence-electron chi connectivity index (χ0n) is 10.1. The van der Waals surface area contributed by atoms with Crippen molar-refractivity contribution in [2.24, 2.45) is 7.05 Å². The van der Waals surface area contributed by atoms with Gasteiger partial charge in [-0.3, -0.25) is 0 Å². The van der Waals surface area contributed by atoms with Gasteiger partial charge in [-0.1, -0.05) is 5.21 Å². The third kappa shape index (κ3) is 2.73. The number of hydrogen-bond acceptors (Lipinski definition) is 5. The molecule has 2 heterocycles. The zero-order valence-corrected chi connectivity index (χ0v) is 12.5. The molecular weight excluding hydrogens is 324 g/mol. The Kier molecular flexibility index (Phi) is 4.05. The summed E-state index contributed by atoms with van der Waals surface area (Å²) >= 11 is 3.08. The predicted molar refractivity (Wildman–Crippen MR) is 67.5 cm³/mol. The van der Waals surface area contributed by atoms with Crippen molar-refractivity contribution in [2.75, 3.05) is 6.61 Å². The standard InChI is InChI=1S/C9H15BrN4O3S/c1-6(7-4-3-5-17-7)12-18(15,16)9-8(10)11-13-14(9)2/h6-7,12H,3-5H2,1-2H3. The van der Waals surface area contributed by atoms with Gasteiger partial charge in [-0.2, -0.15) is 0 Å². The Morgan fingerprint density at radius 3 is 2.83 bits per heavy atom. The fourth-order valence-electron chi connectivity index (χ4n) is 1.98. The van der Waals surface area contributed by atoms with Crippen LogP contribution in [0.15, 0.2) is 9.63 Å². The van der Waals surface area contributed by atoms with Crippen molar-refractivity contribution in [3.05, 3.63) is 4.60 Å². The number of rotatable bonds is 4. The van der Waals surface area contributed by atoms with Crippen LogP contribution < -0.4 is 4.72 Å². The maximum atomic E-state index is 12.2. The molecule has 1 aliphatic rings. The molecule has 102 valence electrons. The van der Waals surface area contributed by atoms with Gasteiger partial charge in [0.15, 0.2) is 4.60 Å². The van der Waals surface area contributed by atoms with E-state index in [2.05, 4.69) is 31.0 Å². The van der Waals surface area contributed by atoms with Gasteiger partial charge < -0.3 is 4.74 Å². The number of nitrogens with zero attached hydrogens (tertiary/aromatic N) is 3. The number of halogens is 1. The fourth-order valence-corrected chi connectivity index (χ4v) is 4.35. The highest BCUT2D eigenvalue weighted by molar-refractivity contribution is 9.10. The van der Waals surface area contributed by atoms with Crippen LogP contribution in [-0.4, -0.2) is 42.2 Å². The van der Waals surface area contributed by atoms with Gasteiger partial charge in [0.1, 0.15) is 0 Å². The maximum absolute atomic E-state index is 12.2.